The summed E-state index contributed by atoms with van der Waals surface area (Å²) < 4.78 is 14.2. The van der Waals surface area contributed by atoms with E-state index < -0.39 is 5.82 Å². The fourth-order valence-corrected chi connectivity index (χ4v) is 2.49. The van der Waals surface area contributed by atoms with Gasteiger partial charge in [-0.25, -0.2) is 14.4 Å². The molecular weight excluding hydrogens is 307 g/mol. The van der Waals surface area contributed by atoms with Gasteiger partial charge in [-0.05, 0) is 43.9 Å². The molecule has 0 saturated heterocycles. The minimum atomic E-state index is -0.403. The summed E-state index contributed by atoms with van der Waals surface area (Å²) in [5.41, 5.74) is 2.16. The fraction of sp³-hybridized carbons (Fsp3) is 0.389. The lowest BCUT2D eigenvalue weighted by Gasteiger charge is -2.16. The third-order valence-electron chi connectivity index (χ3n) is 4.18. The van der Waals surface area contributed by atoms with Gasteiger partial charge >= 0.3 is 0 Å². The van der Waals surface area contributed by atoms with Crippen molar-refractivity contribution in [2.24, 2.45) is 5.92 Å². The average Bonchev–Trinajstić information content (AvgIpc) is 3.42. The number of aromatic nitrogens is 2. The van der Waals surface area contributed by atoms with Gasteiger partial charge in [-0.1, -0.05) is 19.1 Å². The molecule has 1 fully saturated rings. The highest BCUT2D eigenvalue weighted by molar-refractivity contribution is 5.94. The minimum Gasteiger partial charge on any atom is -0.361 e. The van der Waals surface area contributed by atoms with Gasteiger partial charge in [-0.15, -0.1) is 0 Å². The largest absolute Gasteiger partial charge is 0.361 e. The molecule has 2 N–H and O–H groups in total. The van der Waals surface area contributed by atoms with E-state index in [0.29, 0.717) is 12.1 Å². The van der Waals surface area contributed by atoms with Gasteiger partial charge in [0.25, 0.3) is 0 Å². The van der Waals surface area contributed by atoms with Crippen LogP contribution in [0.3, 0.4) is 0 Å². The number of nitrogens with one attached hydrogen (secondary N) is 2. The first-order valence-electron chi connectivity index (χ1n) is 8.25. The lowest BCUT2D eigenvalue weighted by Crippen LogP contribution is -2.14. The van der Waals surface area contributed by atoms with Crippen LogP contribution in [0.25, 0.3) is 0 Å². The molecule has 0 spiro atoms. The Morgan fingerprint density at radius 3 is 2.62 bits per heavy atom. The van der Waals surface area contributed by atoms with Crippen LogP contribution in [0.1, 0.15) is 44.0 Å². The first-order valence-corrected chi connectivity index (χ1v) is 8.25. The van der Waals surface area contributed by atoms with Crippen LogP contribution >= 0.6 is 0 Å². The van der Waals surface area contributed by atoms with Crippen LogP contribution in [-0.4, -0.2) is 15.9 Å². The van der Waals surface area contributed by atoms with E-state index in [0.717, 1.165) is 24.1 Å². The van der Waals surface area contributed by atoms with E-state index in [-0.39, 0.29) is 23.7 Å². The molecule has 1 aromatic carbocycles. The van der Waals surface area contributed by atoms with E-state index in [4.69, 9.17) is 0 Å². The van der Waals surface area contributed by atoms with Crippen molar-refractivity contribution in [1.29, 1.82) is 0 Å². The zero-order chi connectivity index (χ0) is 17.1. The molecule has 5 nitrogen and oxygen atoms in total. The predicted octanol–water partition coefficient (Wildman–Crippen LogP) is 3.70. The van der Waals surface area contributed by atoms with E-state index in [1.807, 2.05) is 38.1 Å². The second-order valence-electron chi connectivity index (χ2n) is 6.09. The molecule has 0 aliphatic heterocycles. The first-order chi connectivity index (χ1) is 11.6. The van der Waals surface area contributed by atoms with Crippen LogP contribution in [-0.2, 0) is 11.2 Å². The highest BCUT2D eigenvalue weighted by Gasteiger charge is 2.29. The van der Waals surface area contributed by atoms with E-state index >= 15 is 0 Å². The molecule has 1 atom stereocenters. The minimum absolute atomic E-state index is 0.0871. The van der Waals surface area contributed by atoms with Crippen molar-refractivity contribution in [3.8, 4) is 0 Å². The molecule has 24 heavy (non-hydrogen) atoms. The van der Waals surface area contributed by atoms with Crippen LogP contribution in [0.2, 0.25) is 0 Å². The Bertz CT molecular complexity index is 728. The maximum atomic E-state index is 14.2. The summed E-state index contributed by atoms with van der Waals surface area (Å²) >= 11 is 0. The molecule has 2 aromatic rings. The van der Waals surface area contributed by atoms with Crippen molar-refractivity contribution in [2.75, 3.05) is 10.6 Å². The summed E-state index contributed by atoms with van der Waals surface area (Å²) in [5.74, 6) is 0.0727. The maximum Gasteiger partial charge on any atom is 0.227 e. The number of hydrogen-bond donors (Lipinski definition) is 2. The Balaban J connectivity index is 1.66. The van der Waals surface area contributed by atoms with Crippen LogP contribution in [0, 0.1) is 11.7 Å². The Morgan fingerprint density at radius 1 is 1.29 bits per heavy atom. The lowest BCUT2D eigenvalue weighted by molar-refractivity contribution is -0.117. The van der Waals surface area contributed by atoms with Crippen LogP contribution < -0.4 is 10.6 Å². The van der Waals surface area contributed by atoms with Gasteiger partial charge in [-0.3, -0.25) is 4.79 Å². The number of amides is 1. The van der Waals surface area contributed by atoms with E-state index in [2.05, 4.69) is 20.6 Å². The number of benzene rings is 1. The number of nitrogens with zero attached hydrogens (tertiary/aromatic N) is 2. The number of hydrogen-bond acceptors (Lipinski definition) is 4. The summed E-state index contributed by atoms with van der Waals surface area (Å²) in [6.07, 6.45) is 3.85. The highest BCUT2D eigenvalue weighted by atomic mass is 19.1. The van der Waals surface area contributed by atoms with Crippen molar-refractivity contribution >= 4 is 17.4 Å². The Morgan fingerprint density at radius 2 is 2.00 bits per heavy atom. The Kier molecular flexibility index (Phi) is 4.74. The van der Waals surface area contributed by atoms with Crippen molar-refractivity contribution in [3.05, 3.63) is 47.7 Å². The SMILES string of the molecule is CCc1ncnc(NC(C)c2ccc(NC(=O)C3CC3)cc2)c1F. The number of aryl methyl sites for hydroxylation is 1. The number of carbonyl (C=O) groups excluding carboxylic acids is 1. The summed E-state index contributed by atoms with van der Waals surface area (Å²) in [6, 6.07) is 7.44. The molecule has 1 aromatic heterocycles. The summed E-state index contributed by atoms with van der Waals surface area (Å²) in [4.78, 5) is 19.7. The fourth-order valence-electron chi connectivity index (χ4n) is 2.49. The Hall–Kier alpha value is -2.50. The van der Waals surface area contributed by atoms with Crippen molar-refractivity contribution in [3.63, 3.8) is 0 Å². The molecule has 1 unspecified atom stereocenters. The molecule has 1 amide bonds. The molecule has 3 rings (SSSR count). The predicted molar refractivity (Wildman–Crippen MR) is 91.2 cm³/mol. The van der Waals surface area contributed by atoms with Crippen LogP contribution in [0.4, 0.5) is 15.9 Å². The molecule has 6 heteroatoms. The van der Waals surface area contributed by atoms with Gasteiger partial charge in [0.1, 0.15) is 6.33 Å². The van der Waals surface area contributed by atoms with Gasteiger partial charge in [0.05, 0.1) is 11.7 Å². The highest BCUT2D eigenvalue weighted by Crippen LogP contribution is 2.30. The van der Waals surface area contributed by atoms with E-state index in [9.17, 15) is 9.18 Å². The molecule has 1 saturated carbocycles. The van der Waals surface area contributed by atoms with Gasteiger partial charge in [0.15, 0.2) is 11.6 Å². The molecule has 0 bridgehead atoms. The van der Waals surface area contributed by atoms with E-state index in [1.54, 1.807) is 0 Å². The van der Waals surface area contributed by atoms with Gasteiger partial charge in [0, 0.05) is 11.6 Å². The quantitative estimate of drug-likeness (QED) is 0.848. The molecule has 1 heterocycles. The molecular formula is C18H21FN4O. The second kappa shape index (κ2) is 6.95. The van der Waals surface area contributed by atoms with E-state index in [1.165, 1.54) is 6.33 Å². The van der Waals surface area contributed by atoms with Gasteiger partial charge in [0.2, 0.25) is 5.91 Å². The van der Waals surface area contributed by atoms with Gasteiger partial charge in [-0.2, -0.15) is 0 Å². The topological polar surface area (TPSA) is 66.9 Å². The summed E-state index contributed by atoms with van der Waals surface area (Å²) in [5, 5.41) is 5.98. The van der Waals surface area contributed by atoms with Gasteiger partial charge < -0.3 is 10.6 Å². The summed E-state index contributed by atoms with van der Waals surface area (Å²) in [6.45, 7) is 3.79. The number of carbonyl (C=O) groups is 1. The average molecular weight is 328 g/mol. The molecule has 0 radical (unpaired) electrons. The van der Waals surface area contributed by atoms with Crippen molar-refractivity contribution in [1.82, 2.24) is 9.97 Å². The zero-order valence-corrected chi connectivity index (χ0v) is 13.8. The third-order valence-corrected chi connectivity index (χ3v) is 4.18. The van der Waals surface area contributed by atoms with Crippen LogP contribution in [0.5, 0.6) is 0 Å². The number of rotatable bonds is 6. The third kappa shape index (κ3) is 3.69. The second-order valence-corrected chi connectivity index (χ2v) is 6.09. The van der Waals surface area contributed by atoms with Crippen molar-refractivity contribution < 1.29 is 9.18 Å². The zero-order valence-electron chi connectivity index (χ0n) is 13.8. The Labute approximate surface area is 140 Å². The smallest absolute Gasteiger partial charge is 0.227 e. The molecule has 126 valence electrons. The normalized spacial score (nSPS) is 15.0. The standard InChI is InChI=1S/C18H21FN4O/c1-3-15-16(19)17(21-10-20-15)22-11(2)12-6-8-14(9-7-12)23-18(24)13-4-5-13/h6-11,13H,3-5H2,1-2H3,(H,23,24)(H,20,21,22). The molecule has 1 aliphatic carbocycles. The summed E-state index contributed by atoms with van der Waals surface area (Å²) in [7, 11) is 0. The first kappa shape index (κ1) is 16.4. The maximum absolute atomic E-state index is 14.2. The number of anilines is 2. The lowest BCUT2D eigenvalue weighted by atomic mass is 10.1. The molecule has 1 aliphatic rings. The van der Waals surface area contributed by atoms with Crippen molar-refractivity contribution in [2.45, 2.75) is 39.2 Å². The number of halogens is 1. The monoisotopic (exact) mass is 328 g/mol. The van der Waals surface area contributed by atoms with Crippen LogP contribution in [0.15, 0.2) is 30.6 Å².